The second-order valence-electron chi connectivity index (χ2n) is 5.28. The van der Waals surface area contributed by atoms with Crippen molar-refractivity contribution in [3.63, 3.8) is 0 Å². The normalized spacial score (nSPS) is 16.9. The minimum absolute atomic E-state index is 0.0385. The predicted molar refractivity (Wildman–Crippen MR) is 67.5 cm³/mol. The lowest BCUT2D eigenvalue weighted by Gasteiger charge is -2.22. The average molecular weight is 240 g/mol. The van der Waals surface area contributed by atoms with Gasteiger partial charge in [0.1, 0.15) is 6.42 Å². The summed E-state index contributed by atoms with van der Waals surface area (Å²) in [6, 6.07) is 0.286. The quantitative estimate of drug-likeness (QED) is 0.717. The lowest BCUT2D eigenvalue weighted by Crippen LogP contribution is -2.39. The molecule has 0 unspecified atom stereocenters. The summed E-state index contributed by atoms with van der Waals surface area (Å²) >= 11 is 0. The van der Waals surface area contributed by atoms with Crippen molar-refractivity contribution in [3.8, 4) is 0 Å². The molecule has 0 saturated heterocycles. The highest BCUT2D eigenvalue weighted by Gasteiger charge is 2.17. The summed E-state index contributed by atoms with van der Waals surface area (Å²) in [6.45, 7) is 4.69. The van der Waals surface area contributed by atoms with Gasteiger partial charge in [0.25, 0.3) is 0 Å². The van der Waals surface area contributed by atoms with Crippen molar-refractivity contribution < 1.29 is 9.59 Å². The van der Waals surface area contributed by atoms with Crippen LogP contribution in [-0.2, 0) is 9.59 Å². The molecule has 1 aliphatic rings. The minimum Gasteiger partial charge on any atom is -0.355 e. The third-order valence-electron chi connectivity index (χ3n) is 3.00. The predicted octanol–water partition coefficient (Wildman–Crippen LogP) is 1.60. The van der Waals surface area contributed by atoms with Crippen LogP contribution in [0.25, 0.3) is 0 Å². The molecule has 0 spiro atoms. The highest BCUT2D eigenvalue weighted by Crippen LogP contribution is 2.17. The van der Waals surface area contributed by atoms with Crippen LogP contribution in [0.15, 0.2) is 0 Å². The standard InChI is InChI=1S/C13H24N2O2/c1-10(2)9-14-12(16)8-13(17)15-11-6-4-3-5-7-11/h10-11H,3-9H2,1-2H3,(H,14,16)(H,15,17). The first-order chi connectivity index (χ1) is 8.08. The second-order valence-corrected chi connectivity index (χ2v) is 5.28. The Bertz CT molecular complexity index is 258. The van der Waals surface area contributed by atoms with E-state index in [1.165, 1.54) is 19.3 Å². The summed E-state index contributed by atoms with van der Waals surface area (Å²) in [5.41, 5.74) is 0. The Morgan fingerprint density at radius 3 is 2.35 bits per heavy atom. The van der Waals surface area contributed by atoms with Crippen molar-refractivity contribution in [3.05, 3.63) is 0 Å². The Morgan fingerprint density at radius 1 is 1.12 bits per heavy atom. The first kappa shape index (κ1) is 14.0. The zero-order valence-corrected chi connectivity index (χ0v) is 10.9. The van der Waals surface area contributed by atoms with Gasteiger partial charge in [0, 0.05) is 12.6 Å². The van der Waals surface area contributed by atoms with Gasteiger partial charge in [0.15, 0.2) is 0 Å². The largest absolute Gasteiger partial charge is 0.355 e. The maximum Gasteiger partial charge on any atom is 0.229 e. The van der Waals surface area contributed by atoms with Gasteiger partial charge in [0.05, 0.1) is 0 Å². The van der Waals surface area contributed by atoms with Crippen LogP contribution >= 0.6 is 0 Å². The van der Waals surface area contributed by atoms with Gasteiger partial charge in [-0.3, -0.25) is 9.59 Å². The van der Waals surface area contributed by atoms with Crippen molar-refractivity contribution in [2.24, 2.45) is 5.92 Å². The van der Waals surface area contributed by atoms with Crippen molar-refractivity contribution in [1.82, 2.24) is 10.6 Å². The minimum atomic E-state index is -0.174. The summed E-state index contributed by atoms with van der Waals surface area (Å²) in [7, 11) is 0. The van der Waals surface area contributed by atoms with Crippen molar-refractivity contribution in [1.29, 1.82) is 0 Å². The molecular formula is C13H24N2O2. The van der Waals surface area contributed by atoms with E-state index in [-0.39, 0.29) is 24.3 Å². The third kappa shape index (κ3) is 6.29. The van der Waals surface area contributed by atoms with E-state index < -0.39 is 0 Å². The molecule has 0 radical (unpaired) electrons. The molecule has 0 heterocycles. The van der Waals surface area contributed by atoms with Crippen LogP contribution in [0.1, 0.15) is 52.4 Å². The molecule has 1 saturated carbocycles. The molecule has 0 aromatic rings. The van der Waals surface area contributed by atoms with Crippen molar-refractivity contribution in [2.75, 3.05) is 6.54 Å². The number of carbonyl (C=O) groups is 2. The summed E-state index contributed by atoms with van der Waals surface area (Å²) in [5, 5.41) is 5.69. The van der Waals surface area contributed by atoms with Gasteiger partial charge in [-0.1, -0.05) is 33.1 Å². The van der Waals surface area contributed by atoms with Crippen molar-refractivity contribution in [2.45, 2.75) is 58.4 Å². The van der Waals surface area contributed by atoms with Gasteiger partial charge < -0.3 is 10.6 Å². The third-order valence-corrected chi connectivity index (χ3v) is 3.00. The van der Waals surface area contributed by atoms with Gasteiger partial charge in [-0.2, -0.15) is 0 Å². The van der Waals surface area contributed by atoms with Gasteiger partial charge >= 0.3 is 0 Å². The van der Waals surface area contributed by atoms with Crippen LogP contribution in [0.4, 0.5) is 0 Å². The van der Waals surface area contributed by atoms with E-state index in [2.05, 4.69) is 10.6 Å². The number of hydrogen-bond donors (Lipinski definition) is 2. The average Bonchev–Trinajstić information content (AvgIpc) is 2.27. The van der Waals surface area contributed by atoms with Gasteiger partial charge in [0.2, 0.25) is 11.8 Å². The molecule has 0 bridgehead atoms. The molecule has 0 aromatic carbocycles. The lowest BCUT2D eigenvalue weighted by atomic mass is 9.95. The number of amides is 2. The number of hydrogen-bond acceptors (Lipinski definition) is 2. The molecule has 2 amide bonds. The van der Waals surface area contributed by atoms with Crippen LogP contribution in [-0.4, -0.2) is 24.4 Å². The van der Waals surface area contributed by atoms with E-state index in [1.807, 2.05) is 13.8 Å². The molecule has 2 N–H and O–H groups in total. The molecule has 4 nitrogen and oxygen atoms in total. The van der Waals surface area contributed by atoms with E-state index in [4.69, 9.17) is 0 Å². The number of rotatable bonds is 5. The molecule has 0 atom stereocenters. The van der Waals surface area contributed by atoms with Crippen LogP contribution in [0.3, 0.4) is 0 Å². The van der Waals surface area contributed by atoms with Crippen LogP contribution < -0.4 is 10.6 Å². The summed E-state index contributed by atoms with van der Waals surface area (Å²) < 4.78 is 0. The Hall–Kier alpha value is -1.06. The van der Waals surface area contributed by atoms with E-state index in [1.54, 1.807) is 0 Å². The maximum absolute atomic E-state index is 11.6. The molecule has 0 aliphatic heterocycles. The van der Waals surface area contributed by atoms with E-state index in [0.717, 1.165) is 12.8 Å². The Labute approximate surface area is 104 Å². The Balaban J connectivity index is 2.17. The lowest BCUT2D eigenvalue weighted by molar-refractivity contribution is -0.129. The fraction of sp³-hybridized carbons (Fsp3) is 0.846. The second kappa shape index (κ2) is 7.30. The summed E-state index contributed by atoms with van der Waals surface area (Å²) in [5.74, 6) is 0.102. The zero-order valence-electron chi connectivity index (χ0n) is 10.9. The highest BCUT2D eigenvalue weighted by molar-refractivity contribution is 5.96. The molecule has 1 fully saturated rings. The summed E-state index contributed by atoms with van der Waals surface area (Å²) in [6.07, 6.45) is 5.71. The fourth-order valence-corrected chi connectivity index (χ4v) is 2.05. The molecule has 17 heavy (non-hydrogen) atoms. The molecule has 4 heteroatoms. The SMILES string of the molecule is CC(C)CNC(=O)CC(=O)NC1CCCCC1. The Morgan fingerprint density at radius 2 is 1.76 bits per heavy atom. The molecule has 98 valence electrons. The maximum atomic E-state index is 11.6. The first-order valence-corrected chi connectivity index (χ1v) is 6.64. The molecule has 0 aromatic heterocycles. The molecular weight excluding hydrogens is 216 g/mol. The summed E-state index contributed by atoms with van der Waals surface area (Å²) in [4.78, 5) is 23.0. The topological polar surface area (TPSA) is 58.2 Å². The van der Waals surface area contributed by atoms with Gasteiger partial charge in [-0.25, -0.2) is 0 Å². The van der Waals surface area contributed by atoms with Gasteiger partial charge in [-0.15, -0.1) is 0 Å². The smallest absolute Gasteiger partial charge is 0.229 e. The van der Waals surface area contributed by atoms with Crippen molar-refractivity contribution >= 4 is 11.8 Å². The van der Waals surface area contributed by atoms with E-state index in [9.17, 15) is 9.59 Å². The highest BCUT2D eigenvalue weighted by atomic mass is 16.2. The van der Waals surface area contributed by atoms with Crippen LogP contribution in [0.2, 0.25) is 0 Å². The number of nitrogens with one attached hydrogen (secondary N) is 2. The van der Waals surface area contributed by atoms with Crippen LogP contribution in [0.5, 0.6) is 0 Å². The monoisotopic (exact) mass is 240 g/mol. The fourth-order valence-electron chi connectivity index (χ4n) is 2.05. The first-order valence-electron chi connectivity index (χ1n) is 6.64. The van der Waals surface area contributed by atoms with Crippen LogP contribution in [0, 0.1) is 5.92 Å². The molecule has 1 aliphatic carbocycles. The van der Waals surface area contributed by atoms with E-state index in [0.29, 0.717) is 12.5 Å². The zero-order chi connectivity index (χ0) is 12.7. The Kier molecular flexibility index (Phi) is 6.01. The van der Waals surface area contributed by atoms with E-state index >= 15 is 0 Å². The number of carbonyl (C=O) groups excluding carboxylic acids is 2. The van der Waals surface area contributed by atoms with Gasteiger partial charge in [-0.05, 0) is 18.8 Å². The molecule has 1 rings (SSSR count).